The Morgan fingerprint density at radius 2 is 2.20 bits per heavy atom. The Balaban J connectivity index is 2.51. The lowest BCUT2D eigenvalue weighted by Gasteiger charge is -1.99. The molecule has 0 heteroatoms. The van der Waals surface area contributed by atoms with Crippen molar-refractivity contribution in [2.75, 3.05) is 0 Å². The summed E-state index contributed by atoms with van der Waals surface area (Å²) in [7, 11) is 0. The van der Waals surface area contributed by atoms with Gasteiger partial charge < -0.3 is 0 Å². The molecule has 0 saturated heterocycles. The molecule has 0 fully saturated rings. The number of hydrogen-bond acceptors (Lipinski definition) is 0. The van der Waals surface area contributed by atoms with Crippen LogP contribution < -0.4 is 0 Å². The molecule has 1 aliphatic rings. The van der Waals surface area contributed by atoms with Crippen molar-refractivity contribution < 1.29 is 0 Å². The van der Waals surface area contributed by atoms with Crippen molar-refractivity contribution in [1.29, 1.82) is 0 Å². The van der Waals surface area contributed by atoms with Crippen LogP contribution in [0.15, 0.2) is 36.5 Å². The smallest absolute Gasteiger partial charge is 0.00190 e. The minimum absolute atomic E-state index is 0.642. The molecule has 0 radical (unpaired) electrons. The largest absolute Gasteiger partial charge is 0.0911 e. The van der Waals surface area contributed by atoms with Crippen molar-refractivity contribution in [3.05, 3.63) is 36.5 Å². The molecule has 0 aliphatic heterocycles. The average Bonchev–Trinajstić information content (AvgIpc) is 2.17. The molecule has 0 aromatic carbocycles. The molecule has 0 unspecified atom stereocenters. The summed E-state index contributed by atoms with van der Waals surface area (Å²) in [6.45, 7) is 2.07. The maximum Gasteiger partial charge on any atom is -0.00190 e. The third-order valence-corrected chi connectivity index (χ3v) is 1.67. The van der Waals surface area contributed by atoms with Crippen molar-refractivity contribution in [3.63, 3.8) is 0 Å². The fourth-order valence-electron chi connectivity index (χ4n) is 1.15. The van der Waals surface area contributed by atoms with Crippen LogP contribution >= 0.6 is 0 Å². The van der Waals surface area contributed by atoms with E-state index in [4.69, 9.17) is 0 Å². The van der Waals surface area contributed by atoms with Gasteiger partial charge in [-0.05, 0) is 25.7 Å². The summed E-state index contributed by atoms with van der Waals surface area (Å²) < 4.78 is 0. The topological polar surface area (TPSA) is 0 Å². The van der Waals surface area contributed by atoms with Gasteiger partial charge in [0.15, 0.2) is 0 Å². The molecule has 1 aliphatic carbocycles. The van der Waals surface area contributed by atoms with Crippen LogP contribution in [0.25, 0.3) is 0 Å². The van der Waals surface area contributed by atoms with Gasteiger partial charge in [-0.3, -0.25) is 0 Å². The second kappa shape index (κ2) is 4.10. The Morgan fingerprint density at radius 1 is 1.30 bits per heavy atom. The van der Waals surface area contributed by atoms with Crippen molar-refractivity contribution in [2.24, 2.45) is 5.92 Å². The molecule has 0 spiro atoms. The van der Waals surface area contributed by atoms with Gasteiger partial charge in [0.05, 0.1) is 0 Å². The molecule has 0 nitrogen and oxygen atoms in total. The maximum atomic E-state index is 2.28. The molecule has 1 atom stereocenters. The molecule has 0 saturated carbocycles. The van der Waals surface area contributed by atoms with E-state index in [0.717, 1.165) is 6.42 Å². The quantitative estimate of drug-likeness (QED) is 0.483. The molecule has 0 amide bonds. The van der Waals surface area contributed by atoms with Gasteiger partial charge in [-0.15, -0.1) is 0 Å². The first-order chi connectivity index (χ1) is 4.93. The highest BCUT2D eigenvalue weighted by molar-refractivity contribution is 5.08. The van der Waals surface area contributed by atoms with Gasteiger partial charge in [0.2, 0.25) is 0 Å². The third kappa shape index (κ3) is 2.22. The highest BCUT2D eigenvalue weighted by Crippen LogP contribution is 2.12. The second-order valence-electron chi connectivity index (χ2n) is 2.56. The van der Waals surface area contributed by atoms with Gasteiger partial charge in [0.1, 0.15) is 0 Å². The van der Waals surface area contributed by atoms with Gasteiger partial charge in [-0.1, -0.05) is 36.5 Å². The van der Waals surface area contributed by atoms with Crippen molar-refractivity contribution in [3.8, 4) is 0 Å². The summed E-state index contributed by atoms with van der Waals surface area (Å²) in [6.07, 6.45) is 15.6. The molecule has 0 aromatic rings. The number of allylic oxidation sites excluding steroid dienone is 6. The van der Waals surface area contributed by atoms with Crippen LogP contribution in [0.5, 0.6) is 0 Å². The van der Waals surface area contributed by atoms with Crippen LogP contribution in [0, 0.1) is 5.92 Å². The van der Waals surface area contributed by atoms with Crippen LogP contribution in [0.4, 0.5) is 0 Å². The fourth-order valence-corrected chi connectivity index (χ4v) is 1.15. The van der Waals surface area contributed by atoms with Crippen LogP contribution in [-0.2, 0) is 0 Å². The Kier molecular flexibility index (Phi) is 3.01. The highest BCUT2D eigenvalue weighted by Gasteiger charge is 1.97. The molecular weight excluding hydrogens is 120 g/mol. The first-order valence-electron chi connectivity index (χ1n) is 3.88. The third-order valence-electron chi connectivity index (χ3n) is 1.67. The van der Waals surface area contributed by atoms with E-state index in [0.29, 0.717) is 5.92 Å². The zero-order chi connectivity index (χ0) is 7.23. The van der Waals surface area contributed by atoms with E-state index in [1.807, 2.05) is 0 Å². The maximum absolute atomic E-state index is 2.28. The Bertz CT molecular complexity index is 161. The van der Waals surface area contributed by atoms with Crippen LogP contribution in [0.3, 0.4) is 0 Å². The molecule has 54 valence electrons. The Labute approximate surface area is 62.9 Å². The summed E-state index contributed by atoms with van der Waals surface area (Å²) in [5, 5.41) is 0. The first kappa shape index (κ1) is 7.33. The van der Waals surface area contributed by atoms with Gasteiger partial charge in [-0.25, -0.2) is 0 Å². The predicted molar refractivity (Wildman–Crippen MR) is 45.8 cm³/mol. The molecule has 10 heavy (non-hydrogen) atoms. The van der Waals surface area contributed by atoms with E-state index < -0.39 is 0 Å². The monoisotopic (exact) mass is 134 g/mol. The van der Waals surface area contributed by atoms with Gasteiger partial charge in [0.25, 0.3) is 0 Å². The summed E-state index contributed by atoms with van der Waals surface area (Å²) in [5.74, 6) is 0.642. The summed E-state index contributed by atoms with van der Waals surface area (Å²) in [5.41, 5.74) is 0. The molecule has 0 aromatic heterocycles. The van der Waals surface area contributed by atoms with Crippen molar-refractivity contribution in [2.45, 2.75) is 19.8 Å². The zero-order valence-electron chi connectivity index (χ0n) is 6.46. The summed E-state index contributed by atoms with van der Waals surface area (Å²) >= 11 is 0. The van der Waals surface area contributed by atoms with E-state index in [9.17, 15) is 0 Å². The van der Waals surface area contributed by atoms with Gasteiger partial charge >= 0.3 is 0 Å². The normalized spacial score (nSPS) is 25.5. The Hall–Kier alpha value is -0.780. The zero-order valence-corrected chi connectivity index (χ0v) is 6.46. The number of hydrogen-bond donors (Lipinski definition) is 0. The van der Waals surface area contributed by atoms with Gasteiger partial charge in [0, 0.05) is 0 Å². The van der Waals surface area contributed by atoms with Crippen LogP contribution in [0.2, 0.25) is 0 Å². The summed E-state index contributed by atoms with van der Waals surface area (Å²) in [4.78, 5) is 0. The lowest BCUT2D eigenvalue weighted by atomic mass is 10.1. The van der Waals surface area contributed by atoms with E-state index in [1.165, 1.54) is 6.42 Å². The molecule has 0 N–H and O–H groups in total. The van der Waals surface area contributed by atoms with E-state index in [1.54, 1.807) is 0 Å². The molecular formula is C10H14. The average molecular weight is 134 g/mol. The fraction of sp³-hybridized carbons (Fsp3) is 0.400. The highest BCUT2D eigenvalue weighted by atomic mass is 14.0. The first-order valence-corrected chi connectivity index (χ1v) is 3.88. The molecule has 0 heterocycles. The lowest BCUT2D eigenvalue weighted by molar-refractivity contribution is 0.834. The van der Waals surface area contributed by atoms with Crippen molar-refractivity contribution >= 4 is 0 Å². The second-order valence-corrected chi connectivity index (χ2v) is 2.56. The minimum Gasteiger partial charge on any atom is -0.0911 e. The lowest BCUT2D eigenvalue weighted by Crippen LogP contribution is -1.86. The molecule has 1 rings (SSSR count). The van der Waals surface area contributed by atoms with Crippen LogP contribution in [0.1, 0.15) is 19.8 Å². The number of rotatable bonds is 1. The van der Waals surface area contributed by atoms with E-state index in [2.05, 4.69) is 43.4 Å². The SMILES string of the molecule is C/C=C/[C@H]1C=CCC=CC1. The van der Waals surface area contributed by atoms with E-state index in [-0.39, 0.29) is 0 Å². The van der Waals surface area contributed by atoms with Gasteiger partial charge in [-0.2, -0.15) is 0 Å². The van der Waals surface area contributed by atoms with Crippen molar-refractivity contribution in [1.82, 2.24) is 0 Å². The minimum atomic E-state index is 0.642. The standard InChI is InChI=1S/C10H14/c1-2-7-10-8-5-3-4-6-9-10/h2-3,5-7,9-10H,4,8H2,1H3/b7-2+/t10-/m1/s1. The molecule has 0 bridgehead atoms. The van der Waals surface area contributed by atoms with E-state index >= 15 is 0 Å². The predicted octanol–water partition coefficient (Wildman–Crippen LogP) is 3.08. The van der Waals surface area contributed by atoms with Crippen LogP contribution in [-0.4, -0.2) is 0 Å². The Morgan fingerprint density at radius 3 is 3.00 bits per heavy atom. The summed E-state index contributed by atoms with van der Waals surface area (Å²) in [6, 6.07) is 0.